The van der Waals surface area contributed by atoms with E-state index in [4.69, 9.17) is 18.6 Å². The van der Waals surface area contributed by atoms with Crippen molar-refractivity contribution in [2.24, 2.45) is 0 Å². The van der Waals surface area contributed by atoms with E-state index in [2.05, 4.69) is 0 Å². The van der Waals surface area contributed by atoms with Crippen LogP contribution in [0.15, 0.2) is 0 Å². The van der Waals surface area contributed by atoms with Gasteiger partial charge in [0.1, 0.15) is 0 Å². The maximum absolute atomic E-state index is 5.61. The minimum atomic E-state index is -2.00. The van der Waals surface area contributed by atoms with E-state index < -0.39 is 8.32 Å². The summed E-state index contributed by atoms with van der Waals surface area (Å²) in [6, 6.07) is 0. The lowest BCUT2D eigenvalue weighted by atomic mass is 10.9. The van der Waals surface area contributed by atoms with Gasteiger partial charge < -0.3 is 18.6 Å². The van der Waals surface area contributed by atoms with Crippen LogP contribution < -0.4 is 0 Å². The summed E-state index contributed by atoms with van der Waals surface area (Å²) in [5.74, 6) is 0. The summed E-state index contributed by atoms with van der Waals surface area (Å²) >= 11 is 0. The Morgan fingerprint density at radius 1 is 0.733 bits per heavy atom. The first-order chi connectivity index (χ1) is 7.24. The lowest BCUT2D eigenvalue weighted by Crippen LogP contribution is -2.53. The lowest BCUT2D eigenvalue weighted by Gasteiger charge is -2.28. The molecule has 92 valence electrons. The summed E-state index contributed by atoms with van der Waals surface area (Å²) < 4.78 is 22.0. The SMILES string of the molecule is CCOC[Si](COCC)(COCC)OC. The predicted octanol–water partition coefficient (Wildman–Crippen LogP) is 1.31. The molecule has 15 heavy (non-hydrogen) atoms. The molecular formula is C10H24O4Si. The molecule has 0 aliphatic rings. The van der Waals surface area contributed by atoms with Crippen LogP contribution in [0.2, 0.25) is 0 Å². The standard InChI is InChI=1S/C10H24O4Si/c1-5-12-8-15(11-4,9-13-6-2)10-14-7-3/h5-10H2,1-4H3. The molecule has 0 saturated heterocycles. The van der Waals surface area contributed by atoms with Gasteiger partial charge in [0.25, 0.3) is 8.32 Å². The van der Waals surface area contributed by atoms with Crippen molar-refractivity contribution in [1.82, 2.24) is 0 Å². The van der Waals surface area contributed by atoms with E-state index in [0.717, 1.165) is 0 Å². The van der Waals surface area contributed by atoms with E-state index in [1.165, 1.54) is 0 Å². The van der Waals surface area contributed by atoms with Crippen LogP contribution in [0.5, 0.6) is 0 Å². The maximum Gasteiger partial charge on any atom is 0.267 e. The molecule has 0 aliphatic heterocycles. The van der Waals surface area contributed by atoms with Crippen molar-refractivity contribution in [3.8, 4) is 0 Å². The molecule has 4 nitrogen and oxygen atoms in total. The molecule has 5 heteroatoms. The molecule has 0 unspecified atom stereocenters. The second-order valence-electron chi connectivity index (χ2n) is 3.30. The first-order valence-corrected chi connectivity index (χ1v) is 8.06. The lowest BCUT2D eigenvalue weighted by molar-refractivity contribution is 0.108. The fourth-order valence-electron chi connectivity index (χ4n) is 1.17. The van der Waals surface area contributed by atoms with Crippen molar-refractivity contribution >= 4 is 8.32 Å². The Hall–Kier alpha value is 0.0569. The van der Waals surface area contributed by atoms with Crippen molar-refractivity contribution < 1.29 is 18.6 Å². The van der Waals surface area contributed by atoms with Gasteiger partial charge >= 0.3 is 0 Å². The second-order valence-corrected chi connectivity index (χ2v) is 6.94. The van der Waals surface area contributed by atoms with E-state index in [-0.39, 0.29) is 0 Å². The number of rotatable bonds is 10. The van der Waals surface area contributed by atoms with E-state index >= 15 is 0 Å². The molecule has 0 aliphatic carbocycles. The van der Waals surface area contributed by atoms with Gasteiger partial charge in [-0.2, -0.15) is 0 Å². The van der Waals surface area contributed by atoms with Gasteiger partial charge in [-0.3, -0.25) is 0 Å². The fourth-order valence-corrected chi connectivity index (χ4v) is 3.50. The molecule has 0 N–H and O–H groups in total. The quantitative estimate of drug-likeness (QED) is 0.536. The van der Waals surface area contributed by atoms with E-state index in [1.54, 1.807) is 7.11 Å². The topological polar surface area (TPSA) is 36.9 Å². The Bertz CT molecular complexity index is 122. The molecule has 0 aromatic rings. The van der Waals surface area contributed by atoms with Gasteiger partial charge in [-0.05, 0) is 20.8 Å². The normalized spacial score (nSPS) is 12.0. The smallest absolute Gasteiger partial charge is 0.267 e. The summed E-state index contributed by atoms with van der Waals surface area (Å²) in [6.07, 6.45) is 1.92. The summed E-state index contributed by atoms with van der Waals surface area (Å²) in [5.41, 5.74) is 0. The Morgan fingerprint density at radius 3 is 1.27 bits per heavy atom. The molecule has 0 saturated carbocycles. The molecule has 0 amide bonds. The van der Waals surface area contributed by atoms with Crippen molar-refractivity contribution in [2.45, 2.75) is 20.8 Å². The molecule has 0 atom stereocenters. The van der Waals surface area contributed by atoms with Crippen molar-refractivity contribution in [2.75, 3.05) is 45.6 Å². The van der Waals surface area contributed by atoms with Crippen molar-refractivity contribution in [1.29, 1.82) is 0 Å². The third kappa shape index (κ3) is 6.27. The van der Waals surface area contributed by atoms with Crippen molar-refractivity contribution in [3.05, 3.63) is 0 Å². The molecule has 0 spiro atoms. The Labute approximate surface area is 94.0 Å². The highest BCUT2D eigenvalue weighted by Gasteiger charge is 2.35. The third-order valence-corrected chi connectivity index (χ3v) is 5.20. The first kappa shape index (κ1) is 15.1. The molecule has 0 radical (unpaired) electrons. The van der Waals surface area contributed by atoms with Gasteiger partial charge in [0, 0.05) is 26.9 Å². The zero-order valence-corrected chi connectivity index (χ0v) is 11.4. The van der Waals surface area contributed by atoms with Gasteiger partial charge in [-0.15, -0.1) is 0 Å². The van der Waals surface area contributed by atoms with E-state index in [1.807, 2.05) is 20.8 Å². The summed E-state index contributed by atoms with van der Waals surface area (Å²) in [4.78, 5) is 0. The highest BCUT2D eigenvalue weighted by Crippen LogP contribution is 2.07. The average molecular weight is 236 g/mol. The van der Waals surface area contributed by atoms with Crippen LogP contribution >= 0.6 is 0 Å². The summed E-state index contributed by atoms with van der Waals surface area (Å²) in [5, 5.41) is 0. The Morgan fingerprint density at radius 2 is 1.07 bits per heavy atom. The molecule has 0 fully saturated rings. The van der Waals surface area contributed by atoms with Crippen LogP contribution in [0, 0.1) is 0 Å². The van der Waals surface area contributed by atoms with E-state index in [0.29, 0.717) is 38.5 Å². The largest absolute Gasteiger partial charge is 0.413 e. The van der Waals surface area contributed by atoms with Gasteiger partial charge in [0.2, 0.25) is 0 Å². The molecule has 0 bridgehead atoms. The van der Waals surface area contributed by atoms with Crippen LogP contribution in [0.25, 0.3) is 0 Å². The van der Waals surface area contributed by atoms with E-state index in [9.17, 15) is 0 Å². The average Bonchev–Trinajstić information content (AvgIpc) is 2.29. The predicted molar refractivity (Wildman–Crippen MR) is 62.2 cm³/mol. The van der Waals surface area contributed by atoms with Crippen molar-refractivity contribution in [3.63, 3.8) is 0 Å². The van der Waals surface area contributed by atoms with Crippen LogP contribution in [-0.2, 0) is 18.6 Å². The Kier molecular flexibility index (Phi) is 9.33. The minimum absolute atomic E-state index is 0.639. The third-order valence-electron chi connectivity index (χ3n) is 2.14. The molecule has 0 heterocycles. The highest BCUT2D eigenvalue weighted by molar-refractivity contribution is 6.73. The second kappa shape index (κ2) is 9.29. The molecular weight excluding hydrogens is 212 g/mol. The van der Waals surface area contributed by atoms with Crippen LogP contribution in [0.1, 0.15) is 20.8 Å². The van der Waals surface area contributed by atoms with Gasteiger partial charge in [0.05, 0.1) is 18.7 Å². The minimum Gasteiger partial charge on any atom is -0.413 e. The Balaban J connectivity index is 4.16. The number of hydrogen-bond acceptors (Lipinski definition) is 4. The first-order valence-electron chi connectivity index (χ1n) is 5.53. The number of ether oxygens (including phenoxy) is 3. The highest BCUT2D eigenvalue weighted by atomic mass is 28.4. The van der Waals surface area contributed by atoms with Gasteiger partial charge in [-0.25, -0.2) is 0 Å². The summed E-state index contributed by atoms with van der Waals surface area (Å²) in [6.45, 7) is 8.06. The van der Waals surface area contributed by atoms with Gasteiger partial charge in [0.15, 0.2) is 0 Å². The number of hydrogen-bond donors (Lipinski definition) is 0. The monoisotopic (exact) mass is 236 g/mol. The summed E-state index contributed by atoms with van der Waals surface area (Å²) in [7, 11) is -0.274. The zero-order valence-electron chi connectivity index (χ0n) is 10.4. The molecule has 0 aromatic carbocycles. The zero-order chi connectivity index (χ0) is 11.6. The maximum atomic E-state index is 5.61. The van der Waals surface area contributed by atoms with Crippen LogP contribution in [0.3, 0.4) is 0 Å². The van der Waals surface area contributed by atoms with Gasteiger partial charge in [-0.1, -0.05) is 0 Å². The molecule has 0 aromatic heterocycles. The van der Waals surface area contributed by atoms with Crippen LogP contribution in [-0.4, -0.2) is 53.9 Å². The molecule has 0 rings (SSSR count). The fraction of sp³-hybridized carbons (Fsp3) is 1.00. The van der Waals surface area contributed by atoms with Crippen LogP contribution in [0.4, 0.5) is 0 Å².